The maximum atomic E-state index is 13.6. The highest BCUT2D eigenvalue weighted by atomic mass is 19.1. The molecule has 0 aliphatic heterocycles. The number of carbonyl (C=O) groups is 2. The molecule has 9 heteroatoms. The first-order valence-corrected chi connectivity index (χ1v) is 7.82. The minimum absolute atomic E-state index is 0.0657. The van der Waals surface area contributed by atoms with Gasteiger partial charge in [-0.1, -0.05) is 6.07 Å². The van der Waals surface area contributed by atoms with E-state index in [1.165, 1.54) is 7.11 Å². The molecule has 0 atom stereocenters. The van der Waals surface area contributed by atoms with Crippen LogP contribution in [0.3, 0.4) is 0 Å². The zero-order valence-corrected chi connectivity index (χ0v) is 14.1. The number of nitrogens with one attached hydrogen (secondary N) is 2. The number of hydrogen-bond donors (Lipinski definition) is 3. The molecule has 2 rings (SSSR count). The molecule has 4 N–H and O–H groups in total. The molecule has 0 aromatic heterocycles. The maximum Gasteiger partial charge on any atom is 0.344 e. The third-order valence-corrected chi connectivity index (χ3v) is 3.58. The Morgan fingerprint density at radius 3 is 2.42 bits per heavy atom. The van der Waals surface area contributed by atoms with Gasteiger partial charge in [0.1, 0.15) is 23.0 Å². The van der Waals surface area contributed by atoms with E-state index in [1.807, 2.05) is 0 Å². The quantitative estimate of drug-likeness (QED) is 0.262. The third kappa shape index (κ3) is 4.85. The van der Waals surface area contributed by atoms with Crippen LogP contribution in [0.4, 0.5) is 8.78 Å². The van der Waals surface area contributed by atoms with E-state index >= 15 is 0 Å². The lowest BCUT2D eigenvalue weighted by molar-refractivity contribution is -0.137. The highest BCUT2D eigenvalue weighted by Crippen LogP contribution is 2.20. The molecular weight excluding hydrogens is 348 g/mol. The highest BCUT2D eigenvalue weighted by molar-refractivity contribution is 6.20. The largest absolute Gasteiger partial charge is 0.454 e. The fourth-order valence-electron chi connectivity index (χ4n) is 2.17. The average molecular weight is 367 g/mol. The summed E-state index contributed by atoms with van der Waals surface area (Å²) in [7, 11) is 1.34. The lowest BCUT2D eigenvalue weighted by Crippen LogP contribution is -2.32. The summed E-state index contributed by atoms with van der Waals surface area (Å²) < 4.78 is 36.8. The Morgan fingerprint density at radius 1 is 1.27 bits per heavy atom. The minimum atomic E-state index is -1.05. The molecule has 0 unspecified atom stereocenters. The van der Waals surface area contributed by atoms with Crippen molar-refractivity contribution >= 4 is 17.5 Å². The van der Waals surface area contributed by atoms with Crippen LogP contribution in [0, 0.1) is 17.0 Å². The van der Waals surface area contributed by atoms with Gasteiger partial charge in [-0.25, -0.2) is 13.6 Å². The zero-order chi connectivity index (χ0) is 19.3. The van der Waals surface area contributed by atoms with Crippen molar-refractivity contribution in [2.45, 2.75) is 18.9 Å². The highest BCUT2D eigenvalue weighted by Gasteiger charge is 2.27. The minimum Gasteiger partial charge on any atom is -0.454 e. The monoisotopic (exact) mass is 367 g/mol. The van der Waals surface area contributed by atoms with Crippen molar-refractivity contribution in [3.05, 3.63) is 46.8 Å². The first-order valence-electron chi connectivity index (χ1n) is 7.82. The van der Waals surface area contributed by atoms with Gasteiger partial charge in [-0.15, -0.1) is 0 Å². The van der Waals surface area contributed by atoms with Gasteiger partial charge in [-0.3, -0.25) is 4.79 Å². The van der Waals surface area contributed by atoms with Crippen molar-refractivity contribution in [1.29, 1.82) is 5.41 Å². The van der Waals surface area contributed by atoms with E-state index in [9.17, 15) is 18.4 Å². The molecular formula is C17H19F2N3O4. The van der Waals surface area contributed by atoms with Crippen molar-refractivity contribution in [2.75, 3.05) is 20.3 Å². The summed E-state index contributed by atoms with van der Waals surface area (Å²) in [5.74, 6) is -4.26. The van der Waals surface area contributed by atoms with Crippen LogP contribution in [0.25, 0.3) is 0 Å². The van der Waals surface area contributed by atoms with E-state index in [-0.39, 0.29) is 29.8 Å². The van der Waals surface area contributed by atoms with Gasteiger partial charge in [0.15, 0.2) is 6.61 Å². The summed E-state index contributed by atoms with van der Waals surface area (Å²) in [6, 6.07) is 3.08. The molecule has 1 fully saturated rings. The fraction of sp³-hybridized carbons (Fsp3) is 0.353. The Morgan fingerprint density at radius 2 is 1.88 bits per heavy atom. The molecule has 0 amide bonds. The van der Waals surface area contributed by atoms with Crippen LogP contribution in [0.2, 0.25) is 0 Å². The van der Waals surface area contributed by atoms with Crippen LogP contribution in [0.15, 0.2) is 29.6 Å². The van der Waals surface area contributed by atoms with Crippen molar-refractivity contribution in [1.82, 2.24) is 5.32 Å². The van der Waals surface area contributed by atoms with Gasteiger partial charge < -0.3 is 25.9 Å². The predicted molar refractivity (Wildman–Crippen MR) is 88.6 cm³/mol. The van der Waals surface area contributed by atoms with Gasteiger partial charge in [0.2, 0.25) is 5.78 Å². The molecule has 1 aliphatic rings. The molecule has 0 spiro atoms. The van der Waals surface area contributed by atoms with E-state index in [0.29, 0.717) is 0 Å². The van der Waals surface area contributed by atoms with Crippen LogP contribution in [0.5, 0.6) is 0 Å². The molecule has 140 valence electrons. The van der Waals surface area contributed by atoms with Gasteiger partial charge in [-0.05, 0) is 25.0 Å². The maximum absolute atomic E-state index is 13.6. The standard InChI is InChI=1S/C17H19F2N3O4/c1-25-7-12(20)15(16(21)22-9-5-6-9)17(24)26-8-13(23)14-10(18)3-2-4-11(14)19/h2-4,9,20,22H,5-8,21H2,1H3/b16-15+,20-12?. The fourth-order valence-corrected chi connectivity index (χ4v) is 2.17. The molecule has 7 nitrogen and oxygen atoms in total. The molecule has 26 heavy (non-hydrogen) atoms. The molecule has 1 aliphatic carbocycles. The Bertz CT molecular complexity index is 740. The topological polar surface area (TPSA) is 114 Å². The van der Waals surface area contributed by atoms with E-state index in [0.717, 1.165) is 31.0 Å². The van der Waals surface area contributed by atoms with Gasteiger partial charge in [0.05, 0.1) is 17.9 Å². The number of benzene rings is 1. The lowest BCUT2D eigenvalue weighted by Gasteiger charge is -2.13. The van der Waals surface area contributed by atoms with E-state index in [4.69, 9.17) is 20.6 Å². The van der Waals surface area contributed by atoms with Gasteiger partial charge in [-0.2, -0.15) is 0 Å². The SMILES string of the molecule is COCC(=N)/C(C(=O)OCC(=O)c1c(F)cccc1F)=C(/N)NC1CC1. The molecule has 1 aromatic carbocycles. The smallest absolute Gasteiger partial charge is 0.344 e. The van der Waals surface area contributed by atoms with E-state index in [2.05, 4.69) is 5.32 Å². The molecule has 1 saturated carbocycles. The third-order valence-electron chi connectivity index (χ3n) is 3.58. The summed E-state index contributed by atoms with van der Waals surface area (Å²) in [5, 5.41) is 10.7. The second-order valence-corrected chi connectivity index (χ2v) is 5.71. The number of Topliss-reactive ketones (excluding diaryl/α,β-unsaturated/α-hetero) is 1. The Hall–Kier alpha value is -2.81. The summed E-state index contributed by atoms with van der Waals surface area (Å²) in [5.41, 5.74) is 4.51. The van der Waals surface area contributed by atoms with E-state index in [1.54, 1.807) is 0 Å². The summed E-state index contributed by atoms with van der Waals surface area (Å²) in [4.78, 5) is 24.2. The van der Waals surface area contributed by atoms with Crippen LogP contribution in [-0.2, 0) is 14.3 Å². The first-order chi connectivity index (χ1) is 12.3. The van der Waals surface area contributed by atoms with Crippen LogP contribution >= 0.6 is 0 Å². The van der Waals surface area contributed by atoms with Gasteiger partial charge >= 0.3 is 5.97 Å². The summed E-state index contributed by atoms with van der Waals surface area (Å²) in [6.45, 7) is -1.09. The van der Waals surface area contributed by atoms with Crippen molar-refractivity contribution in [3.63, 3.8) is 0 Å². The Labute approximate surface area is 148 Å². The predicted octanol–water partition coefficient (Wildman–Crippen LogP) is 1.28. The number of hydrogen-bond acceptors (Lipinski definition) is 7. The number of esters is 1. The van der Waals surface area contributed by atoms with Crippen molar-refractivity contribution in [2.24, 2.45) is 5.73 Å². The second-order valence-electron chi connectivity index (χ2n) is 5.71. The number of ketones is 1. The normalized spacial score (nSPS) is 14.4. The van der Waals surface area contributed by atoms with Gasteiger partial charge in [0.25, 0.3) is 0 Å². The van der Waals surface area contributed by atoms with E-state index < -0.39 is 35.6 Å². The summed E-state index contributed by atoms with van der Waals surface area (Å²) >= 11 is 0. The lowest BCUT2D eigenvalue weighted by atomic mass is 10.1. The summed E-state index contributed by atoms with van der Waals surface area (Å²) in [6.07, 6.45) is 1.76. The second kappa shape index (κ2) is 8.52. The van der Waals surface area contributed by atoms with Crippen LogP contribution in [-0.4, -0.2) is 43.8 Å². The molecule has 0 radical (unpaired) electrons. The Kier molecular flexibility index (Phi) is 6.40. The first kappa shape index (κ1) is 19.5. The molecule has 0 saturated heterocycles. The van der Waals surface area contributed by atoms with Crippen LogP contribution < -0.4 is 11.1 Å². The number of halogens is 2. The number of nitrogens with two attached hydrogens (primary N) is 1. The van der Waals surface area contributed by atoms with Crippen molar-refractivity contribution < 1.29 is 27.8 Å². The Balaban J connectivity index is 2.11. The molecule has 0 bridgehead atoms. The number of methoxy groups -OCH3 is 1. The molecule has 0 heterocycles. The number of rotatable bonds is 9. The van der Waals surface area contributed by atoms with Crippen LogP contribution in [0.1, 0.15) is 23.2 Å². The number of carbonyl (C=O) groups excluding carboxylic acids is 2. The van der Waals surface area contributed by atoms with Gasteiger partial charge in [0, 0.05) is 13.2 Å². The average Bonchev–Trinajstić information content (AvgIpc) is 3.37. The molecule has 1 aromatic rings. The zero-order valence-electron chi connectivity index (χ0n) is 14.1. The van der Waals surface area contributed by atoms with Crippen molar-refractivity contribution in [3.8, 4) is 0 Å². The number of ether oxygens (including phenoxy) is 2.